The Kier molecular flexibility index (Phi) is 1.46. The third-order valence-corrected chi connectivity index (χ3v) is 2.38. The fraction of sp³-hybridized carbons (Fsp3) is 1.00. The van der Waals surface area contributed by atoms with Crippen molar-refractivity contribution in [1.29, 1.82) is 0 Å². The summed E-state index contributed by atoms with van der Waals surface area (Å²) >= 11 is 0. The van der Waals surface area contributed by atoms with Gasteiger partial charge < -0.3 is 9.47 Å². The summed E-state index contributed by atoms with van der Waals surface area (Å²) in [7, 11) is 0. The van der Waals surface area contributed by atoms with E-state index in [2.05, 4.69) is 0 Å². The van der Waals surface area contributed by atoms with Gasteiger partial charge in [-0.25, -0.2) is 0 Å². The number of hydrogen-bond donors (Lipinski definition) is 0. The van der Waals surface area contributed by atoms with Crippen molar-refractivity contribution in [3.8, 4) is 0 Å². The minimum absolute atomic E-state index is 0.118. The molecular weight excluding hydrogens is 128 g/mol. The Labute approximate surface area is 61.5 Å². The molecule has 2 rings (SSSR count). The Balaban J connectivity index is 1.82. The first-order valence-corrected chi connectivity index (χ1v) is 4.14. The Morgan fingerprint density at radius 1 is 1.50 bits per heavy atom. The van der Waals surface area contributed by atoms with Crippen LogP contribution in [0.2, 0.25) is 0 Å². The summed E-state index contributed by atoms with van der Waals surface area (Å²) < 4.78 is 11.0. The molecule has 58 valence electrons. The maximum atomic E-state index is 5.68. The van der Waals surface area contributed by atoms with Crippen molar-refractivity contribution in [2.24, 2.45) is 0 Å². The van der Waals surface area contributed by atoms with E-state index in [4.69, 9.17) is 9.47 Å². The highest BCUT2D eigenvalue weighted by Gasteiger charge is 2.50. The first-order valence-electron chi connectivity index (χ1n) is 4.14. The van der Waals surface area contributed by atoms with Crippen molar-refractivity contribution in [1.82, 2.24) is 0 Å². The van der Waals surface area contributed by atoms with Crippen molar-refractivity contribution in [2.75, 3.05) is 6.61 Å². The number of hydrogen-bond acceptors (Lipinski definition) is 2. The summed E-state index contributed by atoms with van der Waals surface area (Å²) in [5, 5.41) is 0. The zero-order valence-electron chi connectivity index (χ0n) is 6.43. The second-order valence-electron chi connectivity index (χ2n) is 3.22. The molecule has 0 unspecified atom stereocenters. The van der Waals surface area contributed by atoms with E-state index < -0.39 is 0 Å². The minimum atomic E-state index is 0.118. The van der Waals surface area contributed by atoms with Gasteiger partial charge in [0.2, 0.25) is 0 Å². The highest BCUT2D eigenvalue weighted by Crippen LogP contribution is 2.49. The molecule has 2 aliphatic rings. The second-order valence-corrected chi connectivity index (χ2v) is 3.22. The predicted molar refractivity (Wildman–Crippen MR) is 37.7 cm³/mol. The van der Waals surface area contributed by atoms with Crippen LogP contribution in [-0.4, -0.2) is 18.5 Å². The van der Waals surface area contributed by atoms with E-state index in [1.807, 2.05) is 6.92 Å². The summed E-state index contributed by atoms with van der Waals surface area (Å²) in [6, 6.07) is 0. The maximum Gasteiger partial charge on any atom is 0.158 e. The zero-order chi connectivity index (χ0) is 7.03. The Bertz CT molecular complexity index is 129. The van der Waals surface area contributed by atoms with Gasteiger partial charge in [-0.05, 0) is 26.2 Å². The van der Waals surface area contributed by atoms with Crippen LogP contribution in [0.4, 0.5) is 0 Å². The third-order valence-electron chi connectivity index (χ3n) is 2.38. The van der Waals surface area contributed by atoms with Gasteiger partial charge in [0.15, 0.2) is 6.29 Å². The fourth-order valence-electron chi connectivity index (χ4n) is 1.59. The Morgan fingerprint density at radius 3 is 2.80 bits per heavy atom. The third kappa shape index (κ3) is 1.06. The van der Waals surface area contributed by atoms with Crippen LogP contribution in [0.5, 0.6) is 0 Å². The monoisotopic (exact) mass is 142 g/mol. The highest BCUT2D eigenvalue weighted by molar-refractivity contribution is 4.99. The molecule has 2 nitrogen and oxygen atoms in total. The van der Waals surface area contributed by atoms with Crippen molar-refractivity contribution in [2.45, 2.75) is 44.5 Å². The first kappa shape index (κ1) is 6.62. The normalized spacial score (nSPS) is 35.1. The van der Waals surface area contributed by atoms with Crippen LogP contribution in [0.1, 0.15) is 32.6 Å². The standard InChI is InChI=1S/C8H14O2/c1-2-9-7-3-4-8(10-7)5-6-8/h7H,2-6H2,1H3/t7-/m1/s1. The molecule has 0 N–H and O–H groups in total. The summed E-state index contributed by atoms with van der Waals surface area (Å²) in [5.74, 6) is 0. The summed E-state index contributed by atoms with van der Waals surface area (Å²) in [6.45, 7) is 2.79. The van der Waals surface area contributed by atoms with Gasteiger partial charge in [0.25, 0.3) is 0 Å². The average Bonchev–Trinajstić information content (AvgIpc) is 2.52. The molecule has 1 heterocycles. The first-order chi connectivity index (χ1) is 4.85. The van der Waals surface area contributed by atoms with E-state index in [0.29, 0.717) is 5.60 Å². The molecule has 1 atom stereocenters. The topological polar surface area (TPSA) is 18.5 Å². The summed E-state index contributed by atoms with van der Waals surface area (Å²) in [6.07, 6.45) is 4.96. The van der Waals surface area contributed by atoms with Gasteiger partial charge in [-0.1, -0.05) is 0 Å². The minimum Gasteiger partial charge on any atom is -0.353 e. The van der Waals surface area contributed by atoms with Crippen LogP contribution in [0.3, 0.4) is 0 Å². The summed E-state index contributed by atoms with van der Waals surface area (Å²) in [5.41, 5.74) is 0.292. The average molecular weight is 142 g/mol. The van der Waals surface area contributed by atoms with Gasteiger partial charge in [0.1, 0.15) is 0 Å². The predicted octanol–water partition coefficient (Wildman–Crippen LogP) is 1.69. The SMILES string of the molecule is CCO[C@H]1CCC2(CC2)O1. The smallest absolute Gasteiger partial charge is 0.158 e. The van der Waals surface area contributed by atoms with Gasteiger partial charge in [0.05, 0.1) is 5.60 Å². The maximum absolute atomic E-state index is 5.68. The van der Waals surface area contributed by atoms with Crippen LogP contribution < -0.4 is 0 Å². The van der Waals surface area contributed by atoms with Crippen LogP contribution in [0.15, 0.2) is 0 Å². The molecule has 2 heteroatoms. The van der Waals surface area contributed by atoms with Crippen molar-refractivity contribution in [3.05, 3.63) is 0 Å². The number of ether oxygens (including phenoxy) is 2. The molecule has 1 saturated carbocycles. The highest BCUT2D eigenvalue weighted by atomic mass is 16.7. The second kappa shape index (κ2) is 2.21. The molecule has 0 aromatic rings. The Hall–Kier alpha value is -0.0800. The van der Waals surface area contributed by atoms with E-state index >= 15 is 0 Å². The molecule has 0 bridgehead atoms. The van der Waals surface area contributed by atoms with E-state index in [0.717, 1.165) is 13.0 Å². The van der Waals surface area contributed by atoms with E-state index in [1.54, 1.807) is 0 Å². The van der Waals surface area contributed by atoms with Gasteiger partial charge in [-0.2, -0.15) is 0 Å². The lowest BCUT2D eigenvalue weighted by molar-refractivity contribution is -0.137. The molecule has 0 aromatic heterocycles. The van der Waals surface area contributed by atoms with Gasteiger partial charge in [-0.15, -0.1) is 0 Å². The van der Waals surface area contributed by atoms with Crippen LogP contribution in [0, 0.1) is 0 Å². The van der Waals surface area contributed by atoms with Crippen molar-refractivity contribution >= 4 is 0 Å². The summed E-state index contributed by atoms with van der Waals surface area (Å²) in [4.78, 5) is 0. The largest absolute Gasteiger partial charge is 0.353 e. The molecule has 2 fully saturated rings. The van der Waals surface area contributed by atoms with Crippen molar-refractivity contribution < 1.29 is 9.47 Å². The van der Waals surface area contributed by atoms with E-state index in [1.165, 1.54) is 19.3 Å². The van der Waals surface area contributed by atoms with Crippen molar-refractivity contribution in [3.63, 3.8) is 0 Å². The van der Waals surface area contributed by atoms with Crippen LogP contribution in [0.25, 0.3) is 0 Å². The molecule has 0 radical (unpaired) electrons. The molecule has 10 heavy (non-hydrogen) atoms. The molecule has 0 amide bonds. The van der Waals surface area contributed by atoms with Crippen LogP contribution >= 0.6 is 0 Å². The molecule has 1 spiro atoms. The fourth-order valence-corrected chi connectivity index (χ4v) is 1.59. The lowest BCUT2D eigenvalue weighted by Gasteiger charge is -2.11. The van der Waals surface area contributed by atoms with Crippen LogP contribution in [-0.2, 0) is 9.47 Å². The lowest BCUT2D eigenvalue weighted by Crippen LogP contribution is -2.14. The number of rotatable bonds is 2. The molecule has 0 aromatic carbocycles. The molecule has 1 aliphatic heterocycles. The van der Waals surface area contributed by atoms with Gasteiger partial charge >= 0.3 is 0 Å². The molecular formula is C8H14O2. The zero-order valence-corrected chi connectivity index (χ0v) is 6.43. The van der Waals surface area contributed by atoms with Gasteiger partial charge in [0, 0.05) is 13.0 Å². The molecule has 1 saturated heterocycles. The van der Waals surface area contributed by atoms with Gasteiger partial charge in [-0.3, -0.25) is 0 Å². The lowest BCUT2D eigenvalue weighted by atomic mass is 10.2. The molecule has 1 aliphatic carbocycles. The van der Waals surface area contributed by atoms with E-state index in [-0.39, 0.29) is 6.29 Å². The van der Waals surface area contributed by atoms with E-state index in [9.17, 15) is 0 Å². The Morgan fingerprint density at radius 2 is 2.30 bits per heavy atom. The quantitative estimate of drug-likeness (QED) is 0.584.